The summed E-state index contributed by atoms with van der Waals surface area (Å²) in [6, 6.07) is 0. The van der Waals surface area contributed by atoms with Crippen LogP contribution < -0.4 is 0 Å². The van der Waals surface area contributed by atoms with E-state index >= 15 is 0 Å². The molecule has 0 aliphatic carbocycles. The summed E-state index contributed by atoms with van der Waals surface area (Å²) in [6.45, 7) is 3.15. The normalized spacial score (nSPS) is 10.2. The van der Waals surface area contributed by atoms with Gasteiger partial charge in [0.2, 0.25) is 0 Å². The molecule has 1 N–H and O–H groups in total. The quantitative estimate of drug-likeness (QED) is 0.528. The van der Waals surface area contributed by atoms with Crippen LogP contribution in [0.25, 0.3) is 0 Å². The van der Waals surface area contributed by atoms with Crippen LogP contribution in [-0.4, -0.2) is 43.9 Å². The van der Waals surface area contributed by atoms with Crippen molar-refractivity contribution in [2.75, 3.05) is 33.0 Å². The van der Waals surface area contributed by atoms with Gasteiger partial charge >= 0.3 is 0 Å². The van der Waals surface area contributed by atoms with Gasteiger partial charge < -0.3 is 14.6 Å². The Balaban J connectivity index is 2.95. The van der Waals surface area contributed by atoms with E-state index in [1.165, 1.54) is 0 Å². The predicted octanol–water partition coefficient (Wildman–Crippen LogP) is -0.00900. The van der Waals surface area contributed by atoms with Crippen molar-refractivity contribution in [1.29, 1.82) is 0 Å². The minimum Gasteiger partial charge on any atom is -0.394 e. The van der Waals surface area contributed by atoms with Gasteiger partial charge in [0.15, 0.2) is 5.78 Å². The molecule has 12 heavy (non-hydrogen) atoms. The van der Waals surface area contributed by atoms with Crippen molar-refractivity contribution in [2.24, 2.45) is 0 Å². The number of carbonyl (C=O) groups excluding carboxylic acids is 1. The van der Waals surface area contributed by atoms with Crippen LogP contribution in [0, 0.1) is 0 Å². The van der Waals surface area contributed by atoms with Gasteiger partial charge in [-0.2, -0.15) is 0 Å². The molecule has 0 amide bonds. The number of aliphatic hydroxyl groups is 1. The smallest absolute Gasteiger partial charge is 0.158 e. The highest BCUT2D eigenvalue weighted by molar-refractivity contribution is 5.79. The molecule has 72 valence electrons. The zero-order valence-electron chi connectivity index (χ0n) is 7.41. The summed E-state index contributed by atoms with van der Waals surface area (Å²) in [5.74, 6) is 0.0946. The van der Waals surface area contributed by atoms with Crippen LogP contribution in [-0.2, 0) is 14.3 Å². The summed E-state index contributed by atoms with van der Waals surface area (Å²) >= 11 is 0. The van der Waals surface area contributed by atoms with Crippen LogP contribution in [0.15, 0.2) is 0 Å². The number of hydrogen-bond acceptors (Lipinski definition) is 4. The molecule has 0 saturated heterocycles. The predicted molar refractivity (Wildman–Crippen MR) is 44.0 cm³/mol. The van der Waals surface area contributed by atoms with Gasteiger partial charge in [0, 0.05) is 6.42 Å². The van der Waals surface area contributed by atoms with E-state index in [1.54, 1.807) is 6.92 Å². The molecule has 0 aromatic rings. The van der Waals surface area contributed by atoms with Gasteiger partial charge in [-0.05, 0) is 0 Å². The lowest BCUT2D eigenvalue weighted by Gasteiger charge is -2.02. The second kappa shape index (κ2) is 8.64. The highest BCUT2D eigenvalue weighted by Crippen LogP contribution is 1.83. The zero-order valence-corrected chi connectivity index (χ0v) is 7.41. The molecule has 0 fully saturated rings. The van der Waals surface area contributed by atoms with Crippen molar-refractivity contribution >= 4 is 5.78 Å². The third-order valence-electron chi connectivity index (χ3n) is 1.27. The Kier molecular flexibility index (Phi) is 8.32. The maximum Gasteiger partial charge on any atom is 0.158 e. The van der Waals surface area contributed by atoms with Gasteiger partial charge in [-0.1, -0.05) is 6.92 Å². The molecule has 0 spiro atoms. The van der Waals surface area contributed by atoms with E-state index in [-0.39, 0.29) is 19.0 Å². The number of aliphatic hydroxyl groups excluding tert-OH is 1. The Morgan fingerprint density at radius 2 is 1.92 bits per heavy atom. The molecule has 0 atom stereocenters. The van der Waals surface area contributed by atoms with Crippen molar-refractivity contribution in [1.82, 2.24) is 0 Å². The molecular formula is C8H16O4. The van der Waals surface area contributed by atoms with E-state index in [0.717, 1.165) is 0 Å². The number of ether oxygens (including phenoxy) is 2. The van der Waals surface area contributed by atoms with E-state index < -0.39 is 0 Å². The van der Waals surface area contributed by atoms with Gasteiger partial charge in [0.25, 0.3) is 0 Å². The topological polar surface area (TPSA) is 55.8 Å². The molecular weight excluding hydrogens is 160 g/mol. The average Bonchev–Trinajstić information content (AvgIpc) is 2.10. The Morgan fingerprint density at radius 1 is 1.25 bits per heavy atom. The second-order valence-corrected chi connectivity index (χ2v) is 2.28. The van der Waals surface area contributed by atoms with Crippen LogP contribution in [0.2, 0.25) is 0 Å². The molecule has 0 radical (unpaired) electrons. The minimum absolute atomic E-state index is 0.0217. The maximum atomic E-state index is 10.7. The molecule has 0 unspecified atom stereocenters. The lowest BCUT2D eigenvalue weighted by Crippen LogP contribution is -2.12. The van der Waals surface area contributed by atoms with E-state index in [1.807, 2.05) is 0 Å². The number of Topliss-reactive ketones (excluding diaryl/α,β-unsaturated/α-hetero) is 1. The Bertz CT molecular complexity index is 114. The van der Waals surface area contributed by atoms with Crippen LogP contribution in [0.1, 0.15) is 13.3 Å². The molecule has 4 heteroatoms. The van der Waals surface area contributed by atoms with Crippen LogP contribution in [0.4, 0.5) is 0 Å². The van der Waals surface area contributed by atoms with Gasteiger partial charge in [0.05, 0.1) is 26.4 Å². The zero-order chi connectivity index (χ0) is 9.23. The molecule has 0 bridgehead atoms. The molecule has 0 rings (SSSR count). The summed E-state index contributed by atoms with van der Waals surface area (Å²) in [7, 11) is 0. The molecule has 0 saturated carbocycles. The fourth-order valence-corrected chi connectivity index (χ4v) is 0.573. The fraction of sp³-hybridized carbons (Fsp3) is 0.875. The van der Waals surface area contributed by atoms with E-state index in [0.29, 0.717) is 26.2 Å². The largest absolute Gasteiger partial charge is 0.394 e. The summed E-state index contributed by atoms with van der Waals surface area (Å²) < 4.78 is 9.89. The molecule has 0 heterocycles. The first-order chi connectivity index (χ1) is 5.81. The monoisotopic (exact) mass is 176 g/mol. The van der Waals surface area contributed by atoms with Gasteiger partial charge in [-0.25, -0.2) is 0 Å². The molecule has 0 aliphatic rings. The molecule has 4 nitrogen and oxygen atoms in total. The number of ketones is 1. The summed E-state index contributed by atoms with van der Waals surface area (Å²) in [5, 5.41) is 8.33. The average molecular weight is 176 g/mol. The van der Waals surface area contributed by atoms with Crippen molar-refractivity contribution in [2.45, 2.75) is 13.3 Å². The fourth-order valence-electron chi connectivity index (χ4n) is 0.573. The lowest BCUT2D eigenvalue weighted by atomic mass is 10.3. The van der Waals surface area contributed by atoms with Crippen LogP contribution >= 0.6 is 0 Å². The minimum atomic E-state index is 0.0217. The Labute approximate surface area is 72.5 Å². The standard InChI is InChI=1S/C8H16O4/c1-2-8(10)7-12-6-5-11-4-3-9/h9H,2-7H2,1H3. The highest BCUT2D eigenvalue weighted by atomic mass is 16.5. The summed E-state index contributed by atoms with van der Waals surface area (Å²) in [6.07, 6.45) is 0.511. The number of carbonyl (C=O) groups is 1. The third-order valence-corrected chi connectivity index (χ3v) is 1.27. The van der Waals surface area contributed by atoms with Crippen molar-refractivity contribution in [3.05, 3.63) is 0 Å². The molecule has 0 aromatic heterocycles. The van der Waals surface area contributed by atoms with Gasteiger partial charge in [-0.15, -0.1) is 0 Å². The Morgan fingerprint density at radius 3 is 2.50 bits per heavy atom. The number of rotatable bonds is 8. The maximum absolute atomic E-state index is 10.7. The highest BCUT2D eigenvalue weighted by Gasteiger charge is 1.96. The van der Waals surface area contributed by atoms with Gasteiger partial charge in [-0.3, -0.25) is 4.79 Å². The summed E-state index contributed by atoms with van der Waals surface area (Å²) in [5.41, 5.74) is 0. The van der Waals surface area contributed by atoms with Crippen molar-refractivity contribution < 1.29 is 19.4 Å². The first-order valence-corrected chi connectivity index (χ1v) is 4.09. The molecule has 0 aliphatic heterocycles. The van der Waals surface area contributed by atoms with Gasteiger partial charge in [0.1, 0.15) is 6.61 Å². The van der Waals surface area contributed by atoms with Crippen molar-refractivity contribution in [3.63, 3.8) is 0 Å². The first-order valence-electron chi connectivity index (χ1n) is 4.09. The van der Waals surface area contributed by atoms with E-state index in [4.69, 9.17) is 14.6 Å². The first kappa shape index (κ1) is 11.6. The van der Waals surface area contributed by atoms with E-state index in [2.05, 4.69) is 0 Å². The lowest BCUT2D eigenvalue weighted by molar-refractivity contribution is -0.123. The second-order valence-electron chi connectivity index (χ2n) is 2.28. The van der Waals surface area contributed by atoms with Crippen LogP contribution in [0.5, 0.6) is 0 Å². The van der Waals surface area contributed by atoms with E-state index in [9.17, 15) is 4.79 Å². The SMILES string of the molecule is CCC(=O)COCCOCCO. The van der Waals surface area contributed by atoms with Crippen molar-refractivity contribution in [3.8, 4) is 0 Å². The Hall–Kier alpha value is -0.450. The number of hydrogen-bond donors (Lipinski definition) is 1. The summed E-state index contributed by atoms with van der Waals surface area (Å²) in [4.78, 5) is 10.7. The molecule has 0 aromatic carbocycles. The third kappa shape index (κ3) is 7.65. The van der Waals surface area contributed by atoms with Crippen LogP contribution in [0.3, 0.4) is 0 Å².